The summed E-state index contributed by atoms with van der Waals surface area (Å²) in [5, 5.41) is 13.6. The van der Waals surface area contributed by atoms with Gasteiger partial charge in [0, 0.05) is 6.54 Å². The van der Waals surface area contributed by atoms with E-state index < -0.39 is 6.10 Å². The lowest BCUT2D eigenvalue weighted by atomic mass is 10.1. The van der Waals surface area contributed by atoms with Gasteiger partial charge in [-0.3, -0.25) is 4.79 Å². The van der Waals surface area contributed by atoms with E-state index in [9.17, 15) is 4.79 Å². The van der Waals surface area contributed by atoms with Gasteiger partial charge in [0.1, 0.15) is 11.5 Å². The van der Waals surface area contributed by atoms with E-state index >= 15 is 0 Å². The number of hydrogen-bond donors (Lipinski definition) is 1. The van der Waals surface area contributed by atoms with Crippen LogP contribution in [0.2, 0.25) is 0 Å². The lowest BCUT2D eigenvalue weighted by Gasteiger charge is -2.18. The predicted octanol–water partition coefficient (Wildman–Crippen LogP) is 3.67. The third-order valence-corrected chi connectivity index (χ3v) is 3.84. The van der Waals surface area contributed by atoms with E-state index in [1.54, 1.807) is 6.92 Å². The average molecular weight is 340 g/mol. The maximum absolute atomic E-state index is 12.2. The van der Waals surface area contributed by atoms with Crippen LogP contribution in [0.5, 0.6) is 11.5 Å². The summed E-state index contributed by atoms with van der Waals surface area (Å²) in [4.78, 5) is 12.2. The molecule has 0 aliphatic heterocycles. The van der Waals surface area contributed by atoms with Crippen LogP contribution < -0.4 is 14.8 Å². The zero-order valence-electron chi connectivity index (χ0n) is 14.9. The van der Waals surface area contributed by atoms with Crippen LogP contribution >= 0.6 is 0 Å². The predicted molar refractivity (Wildman–Crippen MR) is 97.6 cm³/mol. The Balaban J connectivity index is 2.11. The van der Waals surface area contributed by atoms with Gasteiger partial charge in [0.05, 0.1) is 18.6 Å². The number of rotatable bonds is 8. The number of benzene rings is 2. The van der Waals surface area contributed by atoms with Crippen molar-refractivity contribution in [2.45, 2.75) is 33.3 Å². The van der Waals surface area contributed by atoms with Crippen molar-refractivity contribution >= 4 is 16.7 Å². The second-order valence-electron chi connectivity index (χ2n) is 5.89. The van der Waals surface area contributed by atoms with E-state index in [0.717, 1.165) is 16.5 Å². The summed E-state index contributed by atoms with van der Waals surface area (Å²) in [6.45, 7) is 6.54. The number of carbonyl (C=O) groups is 1. The molecule has 2 aromatic rings. The summed E-state index contributed by atoms with van der Waals surface area (Å²) < 4.78 is 11.4. The highest BCUT2D eigenvalue weighted by molar-refractivity contribution is 5.85. The molecule has 0 saturated carbocycles. The van der Waals surface area contributed by atoms with Crippen molar-refractivity contribution in [3.8, 4) is 17.6 Å². The molecule has 0 bridgehead atoms. The van der Waals surface area contributed by atoms with E-state index in [4.69, 9.17) is 14.7 Å². The van der Waals surface area contributed by atoms with Gasteiger partial charge < -0.3 is 14.8 Å². The van der Waals surface area contributed by atoms with E-state index in [1.807, 2.05) is 50.2 Å². The number of nitrogens with zero attached hydrogens (tertiary/aromatic N) is 1. The summed E-state index contributed by atoms with van der Waals surface area (Å²) >= 11 is 0. The van der Waals surface area contributed by atoms with Crippen molar-refractivity contribution in [3.63, 3.8) is 0 Å². The molecule has 2 rings (SSSR count). The third kappa shape index (κ3) is 5.12. The minimum absolute atomic E-state index is 0.201. The molecule has 0 heterocycles. The topological polar surface area (TPSA) is 71.3 Å². The molecule has 1 N–H and O–H groups in total. The molecule has 2 unspecified atom stereocenters. The summed E-state index contributed by atoms with van der Waals surface area (Å²) in [6, 6.07) is 13.7. The van der Waals surface area contributed by atoms with Crippen LogP contribution in [0.3, 0.4) is 0 Å². The second-order valence-corrected chi connectivity index (χ2v) is 5.89. The van der Waals surface area contributed by atoms with Crippen LogP contribution in [0.25, 0.3) is 10.8 Å². The second kappa shape index (κ2) is 8.93. The summed E-state index contributed by atoms with van der Waals surface area (Å²) in [5.74, 6) is 1.02. The molecular weight excluding hydrogens is 316 g/mol. The standard InChI is InChI=1S/C20H24N2O3/c1-4-19(20(23)22-13-14(3)12-21)25-18-9-7-15-6-8-17(24-5-2)10-16(15)11-18/h6-11,14,19H,4-5,13H2,1-3H3,(H,22,23). The van der Waals surface area contributed by atoms with Crippen molar-refractivity contribution in [2.24, 2.45) is 5.92 Å². The Bertz CT molecular complexity index is 767. The number of fused-ring (bicyclic) bond motifs is 1. The van der Waals surface area contributed by atoms with Gasteiger partial charge in [-0.15, -0.1) is 0 Å². The quantitative estimate of drug-likeness (QED) is 0.796. The van der Waals surface area contributed by atoms with Crippen LogP contribution in [-0.4, -0.2) is 25.2 Å². The van der Waals surface area contributed by atoms with Crippen molar-refractivity contribution in [2.75, 3.05) is 13.2 Å². The molecular formula is C20H24N2O3. The zero-order chi connectivity index (χ0) is 18.2. The van der Waals surface area contributed by atoms with Crippen LogP contribution in [-0.2, 0) is 4.79 Å². The first-order chi connectivity index (χ1) is 12.1. The monoisotopic (exact) mass is 340 g/mol. The summed E-state index contributed by atoms with van der Waals surface area (Å²) in [7, 11) is 0. The smallest absolute Gasteiger partial charge is 0.261 e. The molecule has 0 aromatic heterocycles. The lowest BCUT2D eigenvalue weighted by Crippen LogP contribution is -2.39. The first-order valence-corrected chi connectivity index (χ1v) is 8.58. The fourth-order valence-corrected chi connectivity index (χ4v) is 2.43. The Hall–Kier alpha value is -2.74. The van der Waals surface area contributed by atoms with Gasteiger partial charge in [-0.1, -0.05) is 19.1 Å². The highest BCUT2D eigenvalue weighted by Gasteiger charge is 2.18. The van der Waals surface area contributed by atoms with E-state index in [2.05, 4.69) is 11.4 Å². The molecule has 1 amide bonds. The molecule has 132 valence electrons. The molecule has 0 fully saturated rings. The molecule has 25 heavy (non-hydrogen) atoms. The first-order valence-electron chi connectivity index (χ1n) is 8.58. The Morgan fingerprint density at radius 1 is 1.16 bits per heavy atom. The van der Waals surface area contributed by atoms with Gasteiger partial charge in [0.2, 0.25) is 0 Å². The molecule has 5 heteroatoms. The third-order valence-electron chi connectivity index (χ3n) is 3.84. The molecule has 0 aliphatic carbocycles. The number of nitriles is 1. The number of hydrogen-bond acceptors (Lipinski definition) is 4. The maximum Gasteiger partial charge on any atom is 0.261 e. The summed E-state index contributed by atoms with van der Waals surface area (Å²) in [5.41, 5.74) is 0. The van der Waals surface area contributed by atoms with Crippen LogP contribution in [0.4, 0.5) is 0 Å². The number of nitrogens with one attached hydrogen (secondary N) is 1. The van der Waals surface area contributed by atoms with Gasteiger partial charge in [0.15, 0.2) is 6.10 Å². The zero-order valence-corrected chi connectivity index (χ0v) is 14.9. The van der Waals surface area contributed by atoms with Crippen molar-refractivity contribution in [1.82, 2.24) is 5.32 Å². The fraction of sp³-hybridized carbons (Fsp3) is 0.400. The van der Waals surface area contributed by atoms with Crippen molar-refractivity contribution in [3.05, 3.63) is 36.4 Å². The number of amides is 1. The van der Waals surface area contributed by atoms with Gasteiger partial charge in [0.25, 0.3) is 5.91 Å². The largest absolute Gasteiger partial charge is 0.494 e. The van der Waals surface area contributed by atoms with Gasteiger partial charge >= 0.3 is 0 Å². The molecule has 5 nitrogen and oxygen atoms in total. The van der Waals surface area contributed by atoms with Gasteiger partial charge in [-0.25, -0.2) is 0 Å². The van der Waals surface area contributed by atoms with Crippen LogP contribution in [0.1, 0.15) is 27.2 Å². The van der Waals surface area contributed by atoms with Gasteiger partial charge in [-0.05, 0) is 55.3 Å². The average Bonchev–Trinajstić information content (AvgIpc) is 2.63. The van der Waals surface area contributed by atoms with Crippen LogP contribution in [0.15, 0.2) is 36.4 Å². The number of ether oxygens (including phenoxy) is 2. The van der Waals surface area contributed by atoms with E-state index in [-0.39, 0.29) is 11.8 Å². The fourth-order valence-electron chi connectivity index (χ4n) is 2.43. The normalized spacial score (nSPS) is 12.9. The highest BCUT2D eigenvalue weighted by atomic mass is 16.5. The van der Waals surface area contributed by atoms with E-state index in [1.165, 1.54) is 0 Å². The number of carbonyl (C=O) groups excluding carboxylic acids is 1. The maximum atomic E-state index is 12.2. The minimum atomic E-state index is -0.585. The molecule has 0 radical (unpaired) electrons. The Kier molecular flexibility index (Phi) is 6.64. The summed E-state index contributed by atoms with van der Waals surface area (Å²) in [6.07, 6.45) is -0.0394. The molecule has 0 aliphatic rings. The molecule has 2 aromatic carbocycles. The Morgan fingerprint density at radius 3 is 2.48 bits per heavy atom. The van der Waals surface area contributed by atoms with Crippen molar-refractivity contribution in [1.29, 1.82) is 5.26 Å². The Labute approximate surface area is 148 Å². The molecule has 0 spiro atoms. The van der Waals surface area contributed by atoms with E-state index in [0.29, 0.717) is 25.3 Å². The minimum Gasteiger partial charge on any atom is -0.494 e. The first kappa shape index (κ1) is 18.6. The molecule has 2 atom stereocenters. The van der Waals surface area contributed by atoms with Gasteiger partial charge in [-0.2, -0.15) is 5.26 Å². The van der Waals surface area contributed by atoms with Crippen LogP contribution in [0, 0.1) is 17.2 Å². The Morgan fingerprint density at radius 2 is 1.84 bits per heavy atom. The lowest BCUT2D eigenvalue weighted by molar-refractivity contribution is -0.128. The SMILES string of the molecule is CCOc1ccc2ccc(OC(CC)C(=O)NCC(C)C#N)cc2c1. The molecule has 0 saturated heterocycles. The van der Waals surface area contributed by atoms with Crippen molar-refractivity contribution < 1.29 is 14.3 Å². The highest BCUT2D eigenvalue weighted by Crippen LogP contribution is 2.26.